The molecule has 0 radical (unpaired) electrons. The average molecular weight is 432 g/mol. The monoisotopic (exact) mass is 431 g/mol. The number of piperazine rings is 1. The Bertz CT molecular complexity index is 805. The van der Waals surface area contributed by atoms with Crippen molar-refractivity contribution in [1.29, 1.82) is 5.26 Å². The van der Waals surface area contributed by atoms with E-state index >= 15 is 0 Å². The highest BCUT2D eigenvalue weighted by molar-refractivity contribution is 7.16. The number of nitriles is 1. The predicted molar refractivity (Wildman–Crippen MR) is 120 cm³/mol. The number of fused-ring (bicyclic) bond motifs is 1. The van der Waals surface area contributed by atoms with E-state index in [-0.39, 0.29) is 17.9 Å². The first-order valence-corrected chi connectivity index (χ1v) is 11.8. The number of nitrogens with one attached hydrogen (secondary N) is 2. The van der Waals surface area contributed by atoms with Crippen molar-refractivity contribution in [3.63, 3.8) is 0 Å². The van der Waals surface area contributed by atoms with Crippen LogP contribution in [0.2, 0.25) is 0 Å². The van der Waals surface area contributed by atoms with Gasteiger partial charge < -0.3 is 15.5 Å². The van der Waals surface area contributed by atoms with Gasteiger partial charge in [-0.15, -0.1) is 11.3 Å². The highest BCUT2D eigenvalue weighted by Crippen LogP contribution is 2.39. The smallest absolute Gasteiger partial charge is 0.234 e. The summed E-state index contributed by atoms with van der Waals surface area (Å²) in [5.74, 6) is 0.678. The molecule has 1 atom stereocenters. The van der Waals surface area contributed by atoms with E-state index in [4.69, 9.17) is 0 Å². The summed E-state index contributed by atoms with van der Waals surface area (Å²) >= 11 is 1.58. The maximum absolute atomic E-state index is 12.5. The number of nitrogens with zero attached hydrogens (tertiary/aromatic N) is 3. The molecular formula is C22H33N5O2S. The molecular weight excluding hydrogens is 398 g/mol. The predicted octanol–water partition coefficient (Wildman–Crippen LogP) is 2.22. The number of carbonyl (C=O) groups is 2. The third kappa shape index (κ3) is 6.03. The van der Waals surface area contributed by atoms with Gasteiger partial charge in [-0.1, -0.05) is 6.92 Å². The van der Waals surface area contributed by atoms with Crippen molar-refractivity contribution in [2.75, 3.05) is 44.6 Å². The van der Waals surface area contributed by atoms with Gasteiger partial charge in [-0.25, -0.2) is 0 Å². The SMILES string of the molecule is CC1CCc2c(sc(NC(=O)CCN3CCN(CC(=O)NC(C)C)CC3)c2C#N)C1. The highest BCUT2D eigenvalue weighted by atomic mass is 32.1. The van der Waals surface area contributed by atoms with Crippen molar-refractivity contribution in [1.82, 2.24) is 15.1 Å². The molecule has 2 N–H and O–H groups in total. The van der Waals surface area contributed by atoms with Gasteiger partial charge in [-0.05, 0) is 44.6 Å². The van der Waals surface area contributed by atoms with Crippen molar-refractivity contribution >= 4 is 28.2 Å². The zero-order valence-corrected chi connectivity index (χ0v) is 19.1. The molecule has 8 heteroatoms. The number of rotatable bonds is 7. The minimum atomic E-state index is -0.0307. The van der Waals surface area contributed by atoms with Gasteiger partial charge in [-0.3, -0.25) is 14.5 Å². The third-order valence-electron chi connectivity index (χ3n) is 5.81. The zero-order chi connectivity index (χ0) is 21.7. The fourth-order valence-electron chi connectivity index (χ4n) is 4.15. The highest BCUT2D eigenvalue weighted by Gasteiger charge is 2.25. The molecule has 2 aliphatic rings. The molecule has 1 fully saturated rings. The van der Waals surface area contributed by atoms with E-state index in [0.29, 0.717) is 31.0 Å². The van der Waals surface area contributed by atoms with E-state index in [2.05, 4.69) is 33.4 Å². The fraction of sp³-hybridized carbons (Fsp3) is 0.682. The minimum Gasteiger partial charge on any atom is -0.353 e. The van der Waals surface area contributed by atoms with Crippen LogP contribution in [-0.4, -0.2) is 66.9 Å². The summed E-state index contributed by atoms with van der Waals surface area (Å²) in [6, 6.07) is 2.47. The fourth-order valence-corrected chi connectivity index (χ4v) is 5.52. The van der Waals surface area contributed by atoms with E-state index in [1.165, 1.54) is 4.88 Å². The van der Waals surface area contributed by atoms with Gasteiger partial charge in [-0.2, -0.15) is 5.26 Å². The maximum Gasteiger partial charge on any atom is 0.234 e. The Kier molecular flexibility index (Phi) is 7.87. The van der Waals surface area contributed by atoms with Crippen LogP contribution < -0.4 is 10.6 Å². The molecule has 0 spiro atoms. The third-order valence-corrected chi connectivity index (χ3v) is 6.98. The van der Waals surface area contributed by atoms with Gasteiger partial charge in [0.1, 0.15) is 11.1 Å². The topological polar surface area (TPSA) is 88.5 Å². The van der Waals surface area contributed by atoms with Crippen LogP contribution in [0.4, 0.5) is 5.00 Å². The first-order chi connectivity index (χ1) is 14.4. The van der Waals surface area contributed by atoms with E-state index in [1.54, 1.807) is 11.3 Å². The summed E-state index contributed by atoms with van der Waals surface area (Å²) in [5.41, 5.74) is 1.82. The lowest BCUT2D eigenvalue weighted by molar-refractivity contribution is -0.123. The molecule has 1 unspecified atom stereocenters. The Morgan fingerprint density at radius 1 is 1.20 bits per heavy atom. The Hall–Kier alpha value is -1.95. The summed E-state index contributed by atoms with van der Waals surface area (Å²) in [5, 5.41) is 16.2. The van der Waals surface area contributed by atoms with Gasteiger partial charge in [0.2, 0.25) is 11.8 Å². The normalized spacial score (nSPS) is 19.9. The van der Waals surface area contributed by atoms with Crippen LogP contribution in [0.1, 0.15) is 49.6 Å². The number of hydrogen-bond donors (Lipinski definition) is 2. The summed E-state index contributed by atoms with van der Waals surface area (Å²) < 4.78 is 0. The Morgan fingerprint density at radius 3 is 2.57 bits per heavy atom. The lowest BCUT2D eigenvalue weighted by Gasteiger charge is -2.34. The van der Waals surface area contributed by atoms with Crippen LogP contribution >= 0.6 is 11.3 Å². The molecule has 2 amide bonds. The quantitative estimate of drug-likeness (QED) is 0.691. The Balaban J connectivity index is 1.43. The largest absolute Gasteiger partial charge is 0.353 e. The molecule has 1 aromatic heterocycles. The molecule has 1 aliphatic heterocycles. The van der Waals surface area contributed by atoms with Gasteiger partial charge >= 0.3 is 0 Å². The van der Waals surface area contributed by atoms with Crippen molar-refractivity contribution in [2.24, 2.45) is 5.92 Å². The van der Waals surface area contributed by atoms with E-state index in [1.807, 2.05) is 13.8 Å². The molecule has 30 heavy (non-hydrogen) atoms. The van der Waals surface area contributed by atoms with Crippen LogP contribution in [0, 0.1) is 17.2 Å². The standard InChI is InChI=1S/C22H33N5O2S/c1-15(2)24-21(29)14-27-10-8-26(9-11-27)7-6-20(28)25-22-18(13-23)17-5-4-16(3)12-19(17)30-22/h15-16H,4-12,14H2,1-3H3,(H,24,29)(H,25,28). The lowest BCUT2D eigenvalue weighted by Crippen LogP contribution is -2.50. The first kappa shape index (κ1) is 22.7. The Morgan fingerprint density at radius 2 is 1.90 bits per heavy atom. The molecule has 3 rings (SSSR count). The van der Waals surface area contributed by atoms with Crippen LogP contribution in [0.15, 0.2) is 0 Å². The van der Waals surface area contributed by atoms with Crippen molar-refractivity contribution in [3.8, 4) is 6.07 Å². The zero-order valence-electron chi connectivity index (χ0n) is 18.3. The van der Waals surface area contributed by atoms with E-state index in [0.717, 1.165) is 56.0 Å². The summed E-state index contributed by atoms with van der Waals surface area (Å²) in [6.45, 7) is 10.7. The van der Waals surface area contributed by atoms with Crippen LogP contribution in [0.5, 0.6) is 0 Å². The summed E-state index contributed by atoms with van der Waals surface area (Å²) in [6.07, 6.45) is 3.46. The number of thiophene rings is 1. The van der Waals surface area contributed by atoms with Crippen molar-refractivity contribution in [2.45, 2.75) is 52.5 Å². The average Bonchev–Trinajstić information content (AvgIpc) is 3.02. The van der Waals surface area contributed by atoms with Gasteiger partial charge in [0.15, 0.2) is 0 Å². The molecule has 2 heterocycles. The number of hydrogen-bond acceptors (Lipinski definition) is 6. The molecule has 1 saturated heterocycles. The molecule has 1 aliphatic carbocycles. The van der Waals surface area contributed by atoms with Crippen LogP contribution in [0.25, 0.3) is 0 Å². The number of anilines is 1. The second-order valence-electron chi connectivity index (χ2n) is 8.81. The summed E-state index contributed by atoms with van der Waals surface area (Å²) in [7, 11) is 0. The molecule has 7 nitrogen and oxygen atoms in total. The molecule has 0 aromatic carbocycles. The van der Waals surface area contributed by atoms with Gasteiger partial charge in [0.25, 0.3) is 0 Å². The lowest BCUT2D eigenvalue weighted by atomic mass is 9.89. The Labute approximate surface area is 183 Å². The maximum atomic E-state index is 12.5. The van der Waals surface area contributed by atoms with Crippen molar-refractivity contribution in [3.05, 3.63) is 16.0 Å². The molecule has 0 bridgehead atoms. The van der Waals surface area contributed by atoms with Crippen molar-refractivity contribution < 1.29 is 9.59 Å². The summed E-state index contributed by atoms with van der Waals surface area (Å²) in [4.78, 5) is 30.1. The van der Waals surface area contributed by atoms with Gasteiger partial charge in [0, 0.05) is 50.1 Å². The minimum absolute atomic E-state index is 0.0307. The second kappa shape index (κ2) is 10.4. The van der Waals surface area contributed by atoms with E-state index < -0.39 is 0 Å². The first-order valence-electron chi connectivity index (χ1n) is 10.9. The molecule has 164 valence electrons. The molecule has 1 aromatic rings. The van der Waals surface area contributed by atoms with Crippen LogP contribution in [0.3, 0.4) is 0 Å². The molecule has 0 saturated carbocycles. The number of amides is 2. The number of carbonyl (C=O) groups excluding carboxylic acids is 2. The van der Waals surface area contributed by atoms with Crippen LogP contribution in [-0.2, 0) is 22.4 Å². The van der Waals surface area contributed by atoms with Gasteiger partial charge in [0.05, 0.1) is 12.1 Å². The van der Waals surface area contributed by atoms with E-state index in [9.17, 15) is 14.9 Å². The second-order valence-corrected chi connectivity index (χ2v) is 9.91.